The predicted octanol–water partition coefficient (Wildman–Crippen LogP) is 7.40. The second-order valence-corrected chi connectivity index (χ2v) is 11.5. The number of fused-ring (bicyclic) bond motifs is 3. The van der Waals surface area contributed by atoms with Crippen LogP contribution in [0.5, 0.6) is 0 Å². The molecule has 0 unspecified atom stereocenters. The van der Waals surface area contributed by atoms with Crippen LogP contribution in [0.15, 0.2) is 97.1 Å². The molecule has 3 N–H and O–H groups in total. The van der Waals surface area contributed by atoms with Crippen molar-refractivity contribution in [2.75, 3.05) is 25.0 Å². The molecule has 6 rings (SSSR count). The molecule has 4 aromatic carbocycles. The average Bonchev–Trinajstić information content (AvgIpc) is 3.35. The number of likely N-dealkylation sites (tertiary alicyclic amines) is 1. The first-order valence-electron chi connectivity index (χ1n) is 14.5. The molecule has 43 heavy (non-hydrogen) atoms. The summed E-state index contributed by atoms with van der Waals surface area (Å²) in [5.74, 6) is 0.186. The summed E-state index contributed by atoms with van der Waals surface area (Å²) in [6.07, 6.45) is 1.60. The van der Waals surface area contributed by atoms with E-state index >= 15 is 0 Å². The SMILES string of the molecule is Cl.N[C@H](Cc1ccc(Cl)cc1)C(=O)N1CCC(c2ccccc2NC(=O)OCC2c3ccccc3-c3ccccc32)CC1. The van der Waals surface area contributed by atoms with Gasteiger partial charge in [-0.15, -0.1) is 12.4 Å². The number of hydrogen-bond donors (Lipinski definition) is 2. The van der Waals surface area contributed by atoms with Crippen LogP contribution < -0.4 is 11.1 Å². The Morgan fingerprint density at radius 2 is 1.40 bits per heavy atom. The minimum atomic E-state index is -0.592. The van der Waals surface area contributed by atoms with Gasteiger partial charge in [-0.1, -0.05) is 90.5 Å². The zero-order valence-electron chi connectivity index (χ0n) is 23.7. The Morgan fingerprint density at radius 3 is 2.02 bits per heavy atom. The molecular weight excluding hydrogens is 581 g/mol. The van der Waals surface area contributed by atoms with E-state index in [1.54, 1.807) is 0 Å². The summed E-state index contributed by atoms with van der Waals surface area (Å²) in [4.78, 5) is 27.9. The number of carbonyl (C=O) groups is 2. The van der Waals surface area contributed by atoms with Gasteiger partial charge in [-0.05, 0) is 76.8 Å². The van der Waals surface area contributed by atoms with Gasteiger partial charge in [0.05, 0.1) is 6.04 Å². The lowest BCUT2D eigenvalue weighted by molar-refractivity contribution is -0.133. The number of benzene rings is 4. The third-order valence-corrected chi connectivity index (χ3v) is 8.73. The van der Waals surface area contributed by atoms with Crippen molar-refractivity contribution in [2.45, 2.75) is 37.1 Å². The van der Waals surface area contributed by atoms with Crippen molar-refractivity contribution in [2.24, 2.45) is 5.73 Å². The largest absolute Gasteiger partial charge is 0.448 e. The van der Waals surface area contributed by atoms with Crippen molar-refractivity contribution < 1.29 is 14.3 Å². The highest BCUT2D eigenvalue weighted by Gasteiger charge is 2.30. The van der Waals surface area contributed by atoms with Gasteiger partial charge in [-0.3, -0.25) is 10.1 Å². The van der Waals surface area contributed by atoms with Crippen LogP contribution in [0.3, 0.4) is 0 Å². The number of piperidine rings is 1. The Hall–Kier alpha value is -3.84. The van der Waals surface area contributed by atoms with Crippen LogP contribution in [0.2, 0.25) is 5.02 Å². The van der Waals surface area contributed by atoms with Gasteiger partial charge in [0.15, 0.2) is 0 Å². The van der Waals surface area contributed by atoms with Gasteiger partial charge in [0.1, 0.15) is 6.61 Å². The number of para-hydroxylation sites is 1. The zero-order chi connectivity index (χ0) is 29.1. The van der Waals surface area contributed by atoms with Crippen molar-refractivity contribution in [3.05, 3.63) is 124 Å². The van der Waals surface area contributed by atoms with Crippen molar-refractivity contribution in [1.29, 1.82) is 0 Å². The Kier molecular flexibility index (Phi) is 9.71. The zero-order valence-corrected chi connectivity index (χ0v) is 25.3. The first kappa shape index (κ1) is 30.6. The number of halogens is 2. The molecule has 1 aliphatic heterocycles. The van der Waals surface area contributed by atoms with E-state index in [1.807, 2.05) is 77.7 Å². The molecule has 6 nitrogen and oxygen atoms in total. The van der Waals surface area contributed by atoms with Crippen LogP contribution in [-0.2, 0) is 16.0 Å². The van der Waals surface area contributed by atoms with E-state index < -0.39 is 12.1 Å². The Balaban J connectivity index is 0.00000368. The van der Waals surface area contributed by atoms with Crippen molar-refractivity contribution in [3.8, 4) is 11.1 Å². The fourth-order valence-electron chi connectivity index (χ4n) is 6.32. The fraction of sp³-hybridized carbons (Fsp3) is 0.257. The molecule has 0 radical (unpaired) electrons. The van der Waals surface area contributed by atoms with E-state index in [9.17, 15) is 9.59 Å². The highest BCUT2D eigenvalue weighted by atomic mass is 35.5. The lowest BCUT2D eigenvalue weighted by Crippen LogP contribution is -2.47. The summed E-state index contributed by atoms with van der Waals surface area (Å²) in [5.41, 5.74) is 13.8. The molecule has 0 saturated carbocycles. The molecule has 1 atom stereocenters. The van der Waals surface area contributed by atoms with E-state index in [1.165, 1.54) is 22.3 Å². The predicted molar refractivity (Wildman–Crippen MR) is 174 cm³/mol. The average molecular weight is 617 g/mol. The van der Waals surface area contributed by atoms with E-state index in [0.29, 0.717) is 24.5 Å². The monoisotopic (exact) mass is 615 g/mol. The topological polar surface area (TPSA) is 84.7 Å². The highest BCUT2D eigenvalue weighted by Crippen LogP contribution is 2.44. The van der Waals surface area contributed by atoms with Gasteiger partial charge >= 0.3 is 6.09 Å². The second-order valence-electron chi connectivity index (χ2n) is 11.1. The van der Waals surface area contributed by atoms with Crippen LogP contribution >= 0.6 is 24.0 Å². The number of nitrogens with zero attached hydrogens (tertiary/aromatic N) is 1. The second kappa shape index (κ2) is 13.6. The van der Waals surface area contributed by atoms with Crippen molar-refractivity contribution in [1.82, 2.24) is 4.90 Å². The lowest BCUT2D eigenvalue weighted by Gasteiger charge is -2.34. The normalized spacial score (nSPS) is 15.2. The van der Waals surface area contributed by atoms with E-state index in [4.69, 9.17) is 22.1 Å². The quantitative estimate of drug-likeness (QED) is 0.227. The molecule has 1 saturated heterocycles. The third kappa shape index (κ3) is 6.72. The molecule has 2 aliphatic rings. The maximum absolute atomic E-state index is 13.1. The minimum absolute atomic E-state index is 0. The Morgan fingerprint density at radius 1 is 0.837 bits per heavy atom. The lowest BCUT2D eigenvalue weighted by atomic mass is 9.88. The molecular formula is C35H35Cl2N3O3. The van der Waals surface area contributed by atoms with Gasteiger partial charge < -0.3 is 15.4 Å². The smallest absolute Gasteiger partial charge is 0.411 e. The van der Waals surface area contributed by atoms with Gasteiger partial charge in [-0.25, -0.2) is 4.79 Å². The molecule has 4 aromatic rings. The summed E-state index contributed by atoms with van der Waals surface area (Å²) in [5, 5.41) is 3.65. The molecule has 1 fully saturated rings. The van der Waals surface area contributed by atoms with Crippen molar-refractivity contribution >= 4 is 41.7 Å². The van der Waals surface area contributed by atoms with Crippen LogP contribution in [-0.4, -0.2) is 42.6 Å². The van der Waals surface area contributed by atoms with Crippen LogP contribution in [0, 0.1) is 0 Å². The molecule has 2 amide bonds. The minimum Gasteiger partial charge on any atom is -0.448 e. The highest BCUT2D eigenvalue weighted by molar-refractivity contribution is 6.30. The number of carbonyl (C=O) groups excluding carboxylic acids is 2. The fourth-order valence-corrected chi connectivity index (χ4v) is 6.44. The molecule has 0 aromatic heterocycles. The summed E-state index contributed by atoms with van der Waals surface area (Å²) in [6.45, 7) is 1.51. The number of nitrogens with two attached hydrogens (primary N) is 1. The maximum Gasteiger partial charge on any atom is 0.411 e. The first-order valence-corrected chi connectivity index (χ1v) is 14.9. The third-order valence-electron chi connectivity index (χ3n) is 8.47. The van der Waals surface area contributed by atoms with E-state index in [0.717, 1.165) is 29.7 Å². The molecule has 1 heterocycles. The van der Waals surface area contributed by atoms with E-state index in [2.05, 4.69) is 29.6 Å². The molecule has 222 valence electrons. The molecule has 0 bridgehead atoms. The van der Waals surface area contributed by atoms with Crippen LogP contribution in [0.4, 0.5) is 10.5 Å². The maximum atomic E-state index is 13.1. The van der Waals surface area contributed by atoms with Gasteiger partial charge in [0.25, 0.3) is 0 Å². The number of rotatable bonds is 7. The summed E-state index contributed by atoms with van der Waals surface area (Å²) >= 11 is 5.97. The standard InChI is InChI=1S/C35H34ClN3O3.ClH/c36-25-15-13-23(14-16-25)21-32(37)34(40)39-19-17-24(18-20-39)26-7-5-6-12-33(26)38-35(41)42-22-31-29-10-3-1-8-27(29)28-9-2-4-11-30(28)31;/h1-16,24,31-32H,17-22,37H2,(H,38,41);1H/t32-;/m1./s1. The van der Waals surface area contributed by atoms with Crippen LogP contribution in [0.25, 0.3) is 11.1 Å². The first-order chi connectivity index (χ1) is 20.5. The van der Waals surface area contributed by atoms with Gasteiger partial charge in [0.2, 0.25) is 5.91 Å². The summed E-state index contributed by atoms with van der Waals surface area (Å²) in [7, 11) is 0. The molecule has 0 spiro atoms. The number of anilines is 1. The van der Waals surface area contributed by atoms with E-state index in [-0.39, 0.29) is 36.8 Å². The van der Waals surface area contributed by atoms with Gasteiger partial charge in [-0.2, -0.15) is 0 Å². The molecule has 8 heteroatoms. The summed E-state index contributed by atoms with van der Waals surface area (Å²) < 4.78 is 5.79. The number of ether oxygens (including phenoxy) is 1. The van der Waals surface area contributed by atoms with Gasteiger partial charge in [0, 0.05) is 29.7 Å². The number of amides is 2. The molecule has 1 aliphatic carbocycles. The Labute approximate surface area is 263 Å². The summed E-state index contributed by atoms with van der Waals surface area (Å²) in [6, 6.07) is 31.3. The van der Waals surface area contributed by atoms with Crippen molar-refractivity contribution in [3.63, 3.8) is 0 Å². The Bertz CT molecular complexity index is 1540. The number of nitrogens with one attached hydrogen (secondary N) is 1. The number of hydrogen-bond acceptors (Lipinski definition) is 4. The van der Waals surface area contributed by atoms with Crippen LogP contribution in [0.1, 0.15) is 46.9 Å².